The van der Waals surface area contributed by atoms with Gasteiger partial charge in [-0.2, -0.15) is 0 Å². The number of nitrogens with zero attached hydrogens (tertiary/aromatic N) is 1. The summed E-state index contributed by atoms with van der Waals surface area (Å²) in [6.07, 6.45) is 2.59. The molecular weight excluding hydrogens is 156 g/mol. The third-order valence-electron chi connectivity index (χ3n) is 1.92. The Morgan fingerprint density at radius 3 is 3.33 bits per heavy atom. The topological polar surface area (TPSA) is 12.5 Å². The maximum Gasteiger partial charge on any atom is 0.207 e. The Morgan fingerprint density at radius 2 is 2.56 bits per heavy atom. The van der Waals surface area contributed by atoms with Crippen LogP contribution in [0.2, 0.25) is 0 Å². The lowest BCUT2D eigenvalue weighted by Gasteiger charge is -2.13. The molecule has 2 saturated heterocycles. The van der Waals surface area contributed by atoms with Crippen molar-refractivity contribution in [2.24, 2.45) is 0 Å². The highest BCUT2D eigenvalue weighted by atomic mass is 35.7. The van der Waals surface area contributed by atoms with Gasteiger partial charge in [-0.25, -0.2) is 4.67 Å². The summed E-state index contributed by atoms with van der Waals surface area (Å²) in [7, 11) is -0.700. The molecule has 0 radical (unpaired) electrons. The van der Waals surface area contributed by atoms with Gasteiger partial charge in [-0.3, -0.25) is 0 Å². The summed E-state index contributed by atoms with van der Waals surface area (Å²) in [5.41, 5.74) is 0. The zero-order valence-corrected chi connectivity index (χ0v) is 6.74. The molecule has 2 nitrogen and oxygen atoms in total. The van der Waals surface area contributed by atoms with Crippen LogP contribution < -0.4 is 0 Å². The Bertz CT molecular complexity index is 124. The van der Waals surface area contributed by atoms with Gasteiger partial charge in [0.25, 0.3) is 0 Å². The van der Waals surface area contributed by atoms with Gasteiger partial charge in [0.15, 0.2) is 0 Å². The Morgan fingerprint density at radius 1 is 1.67 bits per heavy atom. The van der Waals surface area contributed by atoms with E-state index in [1.807, 2.05) is 0 Å². The third-order valence-corrected chi connectivity index (χ3v) is 4.09. The standard InChI is InChI=1S/C5H9ClNOP/c6-9-7-3-1-2-5(7)4-8-9/h5H,1-4H2/t5-,9?/m0/s1. The SMILES string of the molecule is ClP1OC[C@@H]2CCCN21. The van der Waals surface area contributed by atoms with E-state index in [-0.39, 0.29) is 0 Å². The van der Waals surface area contributed by atoms with Crippen LogP contribution in [0.5, 0.6) is 0 Å². The zero-order chi connectivity index (χ0) is 6.27. The molecule has 0 N–H and O–H groups in total. The number of rotatable bonds is 0. The average Bonchev–Trinajstić information content (AvgIpc) is 2.35. The molecule has 2 rings (SSSR count). The Hall–Kier alpha value is 0.640. The first-order valence-electron chi connectivity index (χ1n) is 3.23. The van der Waals surface area contributed by atoms with Crippen LogP contribution in [0, 0.1) is 0 Å². The zero-order valence-electron chi connectivity index (χ0n) is 5.09. The average molecular weight is 166 g/mol. The van der Waals surface area contributed by atoms with Gasteiger partial charge >= 0.3 is 0 Å². The number of halogens is 1. The molecule has 9 heavy (non-hydrogen) atoms. The Balaban J connectivity index is 2.07. The summed E-state index contributed by atoms with van der Waals surface area (Å²) in [6, 6.07) is 0.661. The normalized spacial score (nSPS) is 43.7. The fourth-order valence-electron chi connectivity index (χ4n) is 1.42. The fourth-order valence-corrected chi connectivity index (χ4v) is 3.37. The van der Waals surface area contributed by atoms with E-state index in [1.165, 1.54) is 12.8 Å². The lowest BCUT2D eigenvalue weighted by Crippen LogP contribution is -2.18. The van der Waals surface area contributed by atoms with Gasteiger partial charge in [-0.15, -0.1) is 0 Å². The van der Waals surface area contributed by atoms with Gasteiger partial charge in [0.2, 0.25) is 7.65 Å². The highest BCUT2D eigenvalue weighted by Gasteiger charge is 2.37. The second-order valence-corrected chi connectivity index (χ2v) is 4.57. The van der Waals surface area contributed by atoms with Crippen molar-refractivity contribution in [3.05, 3.63) is 0 Å². The maximum absolute atomic E-state index is 5.88. The van der Waals surface area contributed by atoms with E-state index in [9.17, 15) is 0 Å². The molecule has 0 aliphatic carbocycles. The van der Waals surface area contributed by atoms with Crippen LogP contribution in [0.1, 0.15) is 12.8 Å². The first-order chi connectivity index (χ1) is 4.38. The van der Waals surface area contributed by atoms with Gasteiger partial charge in [0.05, 0.1) is 6.61 Å². The van der Waals surface area contributed by atoms with E-state index >= 15 is 0 Å². The summed E-state index contributed by atoms with van der Waals surface area (Å²) in [6.45, 7) is 2.02. The third kappa shape index (κ3) is 0.988. The van der Waals surface area contributed by atoms with Gasteiger partial charge < -0.3 is 4.52 Å². The Kier molecular flexibility index (Phi) is 1.66. The van der Waals surface area contributed by atoms with Crippen molar-refractivity contribution in [1.29, 1.82) is 0 Å². The second-order valence-electron chi connectivity index (χ2n) is 2.48. The molecule has 0 aromatic heterocycles. The maximum atomic E-state index is 5.88. The van der Waals surface area contributed by atoms with E-state index in [0.29, 0.717) is 6.04 Å². The molecule has 0 aromatic carbocycles. The second kappa shape index (κ2) is 2.35. The summed E-state index contributed by atoms with van der Waals surface area (Å²) < 4.78 is 7.56. The van der Waals surface area contributed by atoms with Crippen LogP contribution in [-0.2, 0) is 4.52 Å². The Labute approximate surface area is 60.8 Å². The summed E-state index contributed by atoms with van der Waals surface area (Å²) in [5.74, 6) is 0. The van der Waals surface area contributed by atoms with Gasteiger partial charge in [0.1, 0.15) is 0 Å². The number of hydrogen-bond donors (Lipinski definition) is 0. The van der Waals surface area contributed by atoms with E-state index in [4.69, 9.17) is 15.8 Å². The van der Waals surface area contributed by atoms with Crippen molar-refractivity contribution in [1.82, 2.24) is 4.67 Å². The van der Waals surface area contributed by atoms with Crippen molar-refractivity contribution in [3.8, 4) is 0 Å². The molecule has 4 heteroatoms. The van der Waals surface area contributed by atoms with Crippen molar-refractivity contribution in [2.75, 3.05) is 13.2 Å². The molecule has 0 saturated carbocycles. The summed E-state index contributed by atoms with van der Waals surface area (Å²) in [5, 5.41) is 0. The summed E-state index contributed by atoms with van der Waals surface area (Å²) in [4.78, 5) is 0. The van der Waals surface area contributed by atoms with Crippen LogP contribution >= 0.6 is 18.9 Å². The molecule has 0 aromatic rings. The molecule has 52 valence electrons. The van der Waals surface area contributed by atoms with E-state index in [1.54, 1.807) is 0 Å². The van der Waals surface area contributed by atoms with E-state index in [0.717, 1.165) is 13.2 Å². The van der Waals surface area contributed by atoms with E-state index in [2.05, 4.69) is 4.67 Å². The number of hydrogen-bond acceptors (Lipinski definition) is 2. The highest BCUT2D eigenvalue weighted by molar-refractivity contribution is 7.78. The molecule has 2 atom stereocenters. The predicted octanol–water partition coefficient (Wildman–Crippen LogP) is 1.95. The van der Waals surface area contributed by atoms with Crippen LogP contribution in [0.25, 0.3) is 0 Å². The van der Waals surface area contributed by atoms with Gasteiger partial charge in [-0.1, -0.05) is 0 Å². The molecule has 2 aliphatic rings. The smallest absolute Gasteiger partial charge is 0.207 e. The van der Waals surface area contributed by atoms with Crippen molar-refractivity contribution in [2.45, 2.75) is 18.9 Å². The van der Waals surface area contributed by atoms with Crippen molar-refractivity contribution < 1.29 is 4.52 Å². The molecule has 2 heterocycles. The minimum atomic E-state index is -0.700. The fraction of sp³-hybridized carbons (Fsp3) is 1.00. The van der Waals surface area contributed by atoms with Crippen LogP contribution in [-0.4, -0.2) is 23.9 Å². The monoisotopic (exact) mass is 165 g/mol. The van der Waals surface area contributed by atoms with Crippen LogP contribution in [0.3, 0.4) is 0 Å². The first kappa shape index (κ1) is 6.36. The van der Waals surface area contributed by atoms with E-state index < -0.39 is 7.65 Å². The minimum absolute atomic E-state index is 0.661. The predicted molar refractivity (Wildman–Crippen MR) is 38.5 cm³/mol. The van der Waals surface area contributed by atoms with Crippen molar-refractivity contribution in [3.63, 3.8) is 0 Å². The molecule has 2 aliphatic heterocycles. The van der Waals surface area contributed by atoms with Gasteiger partial charge in [-0.05, 0) is 24.1 Å². The van der Waals surface area contributed by atoms with Crippen LogP contribution in [0.15, 0.2) is 0 Å². The first-order valence-corrected chi connectivity index (χ1v) is 5.35. The highest BCUT2D eigenvalue weighted by Crippen LogP contribution is 2.55. The molecule has 1 unspecified atom stereocenters. The molecule has 0 bridgehead atoms. The number of fused-ring (bicyclic) bond motifs is 1. The molecule has 0 amide bonds. The molecule has 2 fully saturated rings. The van der Waals surface area contributed by atoms with Gasteiger partial charge in [0, 0.05) is 12.6 Å². The lowest BCUT2D eigenvalue weighted by molar-refractivity contribution is 0.342. The van der Waals surface area contributed by atoms with Crippen molar-refractivity contribution >= 4 is 18.9 Å². The largest absolute Gasteiger partial charge is 0.330 e. The molecule has 0 spiro atoms. The minimum Gasteiger partial charge on any atom is -0.330 e. The quantitative estimate of drug-likeness (QED) is 0.509. The van der Waals surface area contributed by atoms with Crippen LogP contribution in [0.4, 0.5) is 0 Å². The molecular formula is C5H9ClNOP. The summed E-state index contributed by atoms with van der Waals surface area (Å²) >= 11 is 5.88. The lowest BCUT2D eigenvalue weighted by atomic mass is 10.2.